The second-order valence-corrected chi connectivity index (χ2v) is 7.05. The van der Waals surface area contributed by atoms with Crippen molar-refractivity contribution in [1.29, 1.82) is 0 Å². The van der Waals surface area contributed by atoms with Crippen LogP contribution in [0.2, 0.25) is 0 Å². The zero-order valence-electron chi connectivity index (χ0n) is 13.2. The summed E-state index contributed by atoms with van der Waals surface area (Å²) in [6, 6.07) is 10.4. The molecule has 0 aromatic heterocycles. The first kappa shape index (κ1) is 15.4. The van der Waals surface area contributed by atoms with Crippen molar-refractivity contribution in [2.45, 2.75) is 52.6 Å². The van der Waals surface area contributed by atoms with Crippen LogP contribution in [0.1, 0.15) is 46.5 Å². The lowest BCUT2D eigenvalue weighted by Crippen LogP contribution is -2.32. The predicted octanol–water partition coefficient (Wildman–Crippen LogP) is 4.72. The topological polar surface area (TPSA) is 21.3 Å². The van der Waals surface area contributed by atoms with Crippen molar-refractivity contribution in [1.82, 2.24) is 0 Å². The molecule has 1 aromatic rings. The minimum absolute atomic E-state index is 0.449. The molecule has 2 rings (SSSR count). The molecule has 1 aromatic carbocycles. The average Bonchev–Trinajstić information content (AvgIpc) is 2.37. The first-order valence-electron chi connectivity index (χ1n) is 7.96. The van der Waals surface area contributed by atoms with Crippen LogP contribution < -0.4 is 5.32 Å². The quantitative estimate of drug-likeness (QED) is 0.758. The predicted molar refractivity (Wildman–Crippen MR) is 86.1 cm³/mol. The molecule has 0 radical (unpaired) electrons. The second-order valence-electron chi connectivity index (χ2n) is 7.05. The van der Waals surface area contributed by atoms with Gasteiger partial charge in [-0.25, -0.2) is 0 Å². The lowest BCUT2D eigenvalue weighted by Gasteiger charge is -2.38. The highest BCUT2D eigenvalue weighted by atomic mass is 16.5. The smallest absolute Gasteiger partial charge is 0.0582 e. The van der Waals surface area contributed by atoms with E-state index in [1.54, 1.807) is 0 Å². The van der Waals surface area contributed by atoms with Gasteiger partial charge in [0.25, 0.3) is 0 Å². The highest BCUT2D eigenvalue weighted by Gasteiger charge is 2.32. The van der Waals surface area contributed by atoms with E-state index in [4.69, 9.17) is 4.74 Å². The normalized spacial score (nSPS) is 25.4. The van der Waals surface area contributed by atoms with E-state index in [1.165, 1.54) is 24.9 Å². The second kappa shape index (κ2) is 7.12. The lowest BCUT2D eigenvalue weighted by atomic mass is 9.71. The van der Waals surface area contributed by atoms with Gasteiger partial charge in [0.05, 0.1) is 6.10 Å². The van der Waals surface area contributed by atoms with E-state index in [0.29, 0.717) is 11.5 Å². The van der Waals surface area contributed by atoms with Gasteiger partial charge in [0.15, 0.2) is 0 Å². The molecule has 2 unspecified atom stereocenters. The van der Waals surface area contributed by atoms with Crippen LogP contribution in [0.3, 0.4) is 0 Å². The first-order chi connectivity index (χ1) is 9.55. The molecule has 0 aliphatic heterocycles. The van der Waals surface area contributed by atoms with Crippen molar-refractivity contribution in [3.8, 4) is 0 Å². The summed E-state index contributed by atoms with van der Waals surface area (Å²) >= 11 is 0. The zero-order valence-corrected chi connectivity index (χ0v) is 13.2. The molecule has 1 saturated carbocycles. The van der Waals surface area contributed by atoms with Gasteiger partial charge in [0.1, 0.15) is 0 Å². The van der Waals surface area contributed by atoms with E-state index in [9.17, 15) is 0 Å². The lowest BCUT2D eigenvalue weighted by molar-refractivity contribution is -0.0227. The third-order valence-corrected chi connectivity index (χ3v) is 4.12. The van der Waals surface area contributed by atoms with Gasteiger partial charge in [-0.05, 0) is 49.1 Å². The maximum Gasteiger partial charge on any atom is 0.0582 e. The van der Waals surface area contributed by atoms with Crippen molar-refractivity contribution >= 4 is 5.69 Å². The van der Waals surface area contributed by atoms with Crippen LogP contribution >= 0.6 is 0 Å². The maximum atomic E-state index is 6.09. The van der Waals surface area contributed by atoms with Crippen LogP contribution in [0.4, 0.5) is 5.69 Å². The Labute approximate surface area is 123 Å². The zero-order chi connectivity index (χ0) is 14.4. The maximum absolute atomic E-state index is 6.09. The van der Waals surface area contributed by atoms with Crippen LogP contribution in [0.5, 0.6) is 0 Å². The number of ether oxygens (including phenoxy) is 1. The van der Waals surface area contributed by atoms with E-state index in [2.05, 4.69) is 50.4 Å². The summed E-state index contributed by atoms with van der Waals surface area (Å²) in [6.07, 6.45) is 5.31. The largest absolute Gasteiger partial charge is 0.385 e. The Balaban J connectivity index is 1.61. The van der Waals surface area contributed by atoms with Crippen molar-refractivity contribution in [3.05, 3.63) is 30.3 Å². The summed E-state index contributed by atoms with van der Waals surface area (Å²) in [5, 5.41) is 3.43. The van der Waals surface area contributed by atoms with E-state index in [-0.39, 0.29) is 0 Å². The molecule has 2 nitrogen and oxygen atoms in total. The fraction of sp³-hybridized carbons (Fsp3) is 0.667. The number of para-hydroxylation sites is 1. The van der Waals surface area contributed by atoms with Gasteiger partial charge in [0, 0.05) is 18.8 Å². The molecular weight excluding hydrogens is 246 g/mol. The van der Waals surface area contributed by atoms with Crippen LogP contribution in [-0.2, 0) is 4.74 Å². The molecule has 0 bridgehead atoms. The van der Waals surface area contributed by atoms with E-state index < -0.39 is 0 Å². The molecule has 1 aliphatic carbocycles. The van der Waals surface area contributed by atoms with Crippen molar-refractivity contribution < 1.29 is 4.74 Å². The highest BCUT2D eigenvalue weighted by molar-refractivity contribution is 5.42. The van der Waals surface area contributed by atoms with Crippen LogP contribution in [0.15, 0.2) is 30.3 Å². The standard InChI is InChI=1S/C18H29NO/c1-15-12-17(14-18(2,3)13-15)20-11-7-10-19-16-8-5-4-6-9-16/h4-6,8-9,15,17,19H,7,10-14H2,1-3H3. The minimum atomic E-state index is 0.449. The van der Waals surface area contributed by atoms with Crippen molar-refractivity contribution in [3.63, 3.8) is 0 Å². The van der Waals surface area contributed by atoms with Gasteiger partial charge in [-0.3, -0.25) is 0 Å². The van der Waals surface area contributed by atoms with Gasteiger partial charge < -0.3 is 10.1 Å². The number of nitrogens with one attached hydrogen (secondary N) is 1. The number of hydrogen-bond donors (Lipinski definition) is 1. The SMILES string of the molecule is CC1CC(OCCCNc2ccccc2)CC(C)(C)C1. The summed E-state index contributed by atoms with van der Waals surface area (Å²) in [6.45, 7) is 8.95. The molecule has 0 saturated heterocycles. The Morgan fingerprint density at radius 2 is 1.95 bits per heavy atom. The average molecular weight is 275 g/mol. The number of hydrogen-bond acceptors (Lipinski definition) is 2. The molecule has 2 heteroatoms. The number of anilines is 1. The Morgan fingerprint density at radius 1 is 1.20 bits per heavy atom. The Hall–Kier alpha value is -1.02. The van der Waals surface area contributed by atoms with E-state index in [1.807, 2.05) is 6.07 Å². The molecule has 1 N–H and O–H groups in total. The van der Waals surface area contributed by atoms with Crippen LogP contribution in [0, 0.1) is 11.3 Å². The monoisotopic (exact) mass is 275 g/mol. The fourth-order valence-corrected chi connectivity index (χ4v) is 3.50. The molecule has 0 spiro atoms. The van der Waals surface area contributed by atoms with Crippen LogP contribution in [0.25, 0.3) is 0 Å². The number of rotatable bonds is 6. The highest BCUT2D eigenvalue weighted by Crippen LogP contribution is 2.39. The minimum Gasteiger partial charge on any atom is -0.385 e. The van der Waals surface area contributed by atoms with E-state index in [0.717, 1.165) is 25.5 Å². The van der Waals surface area contributed by atoms with E-state index >= 15 is 0 Å². The van der Waals surface area contributed by atoms with Gasteiger partial charge in [0.2, 0.25) is 0 Å². The Bertz CT molecular complexity index is 388. The molecule has 2 atom stereocenters. The molecule has 0 amide bonds. The summed E-state index contributed by atoms with van der Waals surface area (Å²) in [7, 11) is 0. The summed E-state index contributed by atoms with van der Waals surface area (Å²) in [5.74, 6) is 0.797. The number of benzene rings is 1. The van der Waals surface area contributed by atoms with Gasteiger partial charge >= 0.3 is 0 Å². The first-order valence-corrected chi connectivity index (χ1v) is 7.96. The summed E-state index contributed by atoms with van der Waals surface area (Å²) in [4.78, 5) is 0. The molecular formula is C18H29NO. The third kappa shape index (κ3) is 5.16. The summed E-state index contributed by atoms with van der Waals surface area (Å²) < 4.78 is 6.09. The van der Waals surface area contributed by atoms with Crippen LogP contribution in [-0.4, -0.2) is 19.3 Å². The Morgan fingerprint density at radius 3 is 2.65 bits per heavy atom. The Kier molecular flexibility index (Phi) is 5.47. The molecule has 20 heavy (non-hydrogen) atoms. The molecule has 1 fully saturated rings. The molecule has 112 valence electrons. The van der Waals surface area contributed by atoms with Gasteiger partial charge in [-0.2, -0.15) is 0 Å². The van der Waals surface area contributed by atoms with Gasteiger partial charge in [-0.15, -0.1) is 0 Å². The molecule has 0 heterocycles. The van der Waals surface area contributed by atoms with Crippen molar-refractivity contribution in [2.24, 2.45) is 11.3 Å². The van der Waals surface area contributed by atoms with Crippen molar-refractivity contribution in [2.75, 3.05) is 18.5 Å². The summed E-state index contributed by atoms with van der Waals surface area (Å²) in [5.41, 5.74) is 1.64. The fourth-order valence-electron chi connectivity index (χ4n) is 3.50. The third-order valence-electron chi connectivity index (χ3n) is 4.12. The molecule has 1 aliphatic rings. The van der Waals surface area contributed by atoms with Gasteiger partial charge in [-0.1, -0.05) is 39.0 Å².